The molecular formula is C18H17FN4O4. The lowest BCUT2D eigenvalue weighted by Crippen LogP contribution is -2.33. The number of nitrogens with zero attached hydrogens (tertiary/aromatic N) is 2. The van der Waals surface area contributed by atoms with Gasteiger partial charge in [0, 0.05) is 13.1 Å². The fraction of sp³-hybridized carbons (Fsp3) is 0.222. The van der Waals surface area contributed by atoms with Gasteiger partial charge in [-0.15, -0.1) is 0 Å². The van der Waals surface area contributed by atoms with Crippen LogP contribution in [0.15, 0.2) is 42.7 Å². The van der Waals surface area contributed by atoms with Gasteiger partial charge in [-0.2, -0.15) is 0 Å². The van der Waals surface area contributed by atoms with E-state index in [0.717, 1.165) is 6.07 Å². The molecule has 1 aromatic carbocycles. The second-order valence-corrected chi connectivity index (χ2v) is 5.91. The smallest absolute Gasteiger partial charge is 0.414 e. The van der Waals surface area contributed by atoms with Gasteiger partial charge in [0.15, 0.2) is 0 Å². The van der Waals surface area contributed by atoms with E-state index in [-0.39, 0.29) is 30.2 Å². The van der Waals surface area contributed by atoms with E-state index < -0.39 is 23.9 Å². The summed E-state index contributed by atoms with van der Waals surface area (Å²) < 4.78 is 19.6. The van der Waals surface area contributed by atoms with E-state index in [1.54, 1.807) is 18.3 Å². The molecule has 1 atom stereocenters. The van der Waals surface area contributed by atoms with Gasteiger partial charge in [0.2, 0.25) is 5.91 Å². The summed E-state index contributed by atoms with van der Waals surface area (Å²) >= 11 is 0. The Labute approximate surface area is 154 Å². The van der Waals surface area contributed by atoms with E-state index in [1.165, 1.54) is 30.2 Å². The lowest BCUT2D eigenvalue weighted by Gasteiger charge is -2.14. The Bertz CT molecular complexity index is 875. The molecule has 2 N–H and O–H groups in total. The zero-order chi connectivity index (χ0) is 19.4. The Balaban J connectivity index is 1.70. The van der Waals surface area contributed by atoms with E-state index in [4.69, 9.17) is 4.74 Å². The second kappa shape index (κ2) is 7.81. The number of amides is 3. The Morgan fingerprint density at radius 1 is 1.37 bits per heavy atom. The molecule has 3 rings (SSSR count). The van der Waals surface area contributed by atoms with Crippen molar-refractivity contribution in [3.8, 4) is 0 Å². The van der Waals surface area contributed by atoms with Gasteiger partial charge >= 0.3 is 6.09 Å². The highest BCUT2D eigenvalue weighted by atomic mass is 19.1. The summed E-state index contributed by atoms with van der Waals surface area (Å²) in [4.78, 5) is 40.3. The Morgan fingerprint density at radius 2 is 2.19 bits per heavy atom. The molecule has 0 bridgehead atoms. The predicted molar refractivity (Wildman–Crippen MR) is 94.9 cm³/mol. The van der Waals surface area contributed by atoms with Gasteiger partial charge in [-0.25, -0.2) is 9.18 Å². The zero-order valence-corrected chi connectivity index (χ0v) is 14.4. The van der Waals surface area contributed by atoms with Gasteiger partial charge in [0.25, 0.3) is 5.91 Å². The predicted octanol–water partition coefficient (Wildman–Crippen LogP) is 1.93. The van der Waals surface area contributed by atoms with Crippen LogP contribution in [0.1, 0.15) is 17.3 Å². The number of rotatable bonds is 5. The first-order valence-corrected chi connectivity index (χ1v) is 8.17. The van der Waals surface area contributed by atoms with Crippen molar-refractivity contribution in [2.24, 2.45) is 0 Å². The third-order valence-corrected chi connectivity index (χ3v) is 3.88. The molecule has 0 radical (unpaired) electrons. The number of carbonyl (C=O) groups excluding carboxylic acids is 3. The number of pyridine rings is 1. The van der Waals surface area contributed by atoms with Crippen molar-refractivity contribution in [1.29, 1.82) is 0 Å². The highest BCUT2D eigenvalue weighted by Gasteiger charge is 2.32. The molecule has 8 nitrogen and oxygen atoms in total. The number of carbonyl (C=O) groups is 3. The molecule has 27 heavy (non-hydrogen) atoms. The highest BCUT2D eigenvalue weighted by molar-refractivity contribution is 6.04. The summed E-state index contributed by atoms with van der Waals surface area (Å²) in [5.41, 5.74) is 0.542. The SMILES string of the molecule is CC(=O)NC[C@H]1CN(c2ccc(C(=O)Nc3cccnc3)c(F)c2)C(=O)O1. The lowest BCUT2D eigenvalue weighted by atomic mass is 10.1. The molecule has 2 heterocycles. The minimum absolute atomic E-state index is 0.162. The van der Waals surface area contributed by atoms with Crippen molar-refractivity contribution in [2.45, 2.75) is 13.0 Å². The van der Waals surface area contributed by atoms with Crippen LogP contribution < -0.4 is 15.5 Å². The van der Waals surface area contributed by atoms with E-state index in [9.17, 15) is 18.8 Å². The Hall–Kier alpha value is -3.49. The molecular weight excluding hydrogens is 355 g/mol. The van der Waals surface area contributed by atoms with Gasteiger partial charge in [-0.1, -0.05) is 0 Å². The third kappa shape index (κ3) is 4.38. The van der Waals surface area contributed by atoms with Crippen LogP contribution in [0.25, 0.3) is 0 Å². The highest BCUT2D eigenvalue weighted by Crippen LogP contribution is 2.24. The van der Waals surface area contributed by atoms with Crippen LogP contribution in [0, 0.1) is 5.82 Å². The molecule has 0 unspecified atom stereocenters. The maximum Gasteiger partial charge on any atom is 0.414 e. The molecule has 1 aliphatic rings. The molecule has 1 saturated heterocycles. The van der Waals surface area contributed by atoms with Crippen molar-refractivity contribution in [2.75, 3.05) is 23.3 Å². The molecule has 9 heteroatoms. The van der Waals surface area contributed by atoms with Gasteiger partial charge in [-0.3, -0.25) is 19.5 Å². The molecule has 2 aromatic rings. The van der Waals surface area contributed by atoms with E-state index in [0.29, 0.717) is 5.69 Å². The van der Waals surface area contributed by atoms with Crippen LogP contribution in [0.2, 0.25) is 0 Å². The van der Waals surface area contributed by atoms with Crippen molar-refractivity contribution in [3.05, 3.63) is 54.1 Å². The number of hydrogen-bond donors (Lipinski definition) is 2. The minimum atomic E-state index is -0.771. The molecule has 1 aromatic heterocycles. The number of nitrogens with one attached hydrogen (secondary N) is 2. The van der Waals surface area contributed by atoms with Crippen molar-refractivity contribution < 1.29 is 23.5 Å². The fourth-order valence-corrected chi connectivity index (χ4v) is 2.59. The Morgan fingerprint density at radius 3 is 2.85 bits per heavy atom. The normalized spacial score (nSPS) is 16.0. The first kappa shape index (κ1) is 18.3. The van der Waals surface area contributed by atoms with Gasteiger partial charge in [0.1, 0.15) is 11.9 Å². The monoisotopic (exact) mass is 372 g/mol. The number of benzene rings is 1. The van der Waals surface area contributed by atoms with Gasteiger partial charge in [-0.05, 0) is 30.3 Å². The standard InChI is InChI=1S/C18H17FN4O4/c1-11(24)21-9-14-10-23(18(26)27-14)13-4-5-15(16(19)7-13)17(25)22-12-3-2-6-20-8-12/h2-8,14H,9-10H2,1H3,(H,21,24)(H,22,25)/t14-/m0/s1. The first-order valence-electron chi connectivity index (χ1n) is 8.17. The summed E-state index contributed by atoms with van der Waals surface area (Å²) in [6, 6.07) is 7.13. The molecule has 0 aliphatic carbocycles. The second-order valence-electron chi connectivity index (χ2n) is 5.91. The van der Waals surface area contributed by atoms with Gasteiger partial charge in [0.05, 0.1) is 36.2 Å². The minimum Gasteiger partial charge on any atom is -0.442 e. The van der Waals surface area contributed by atoms with Crippen molar-refractivity contribution in [1.82, 2.24) is 10.3 Å². The summed E-state index contributed by atoms with van der Waals surface area (Å²) in [7, 11) is 0. The Kier molecular flexibility index (Phi) is 5.30. The van der Waals surface area contributed by atoms with Crippen LogP contribution in [-0.4, -0.2) is 42.1 Å². The number of anilines is 2. The number of cyclic esters (lactones) is 1. The average Bonchev–Trinajstić information content (AvgIpc) is 3.01. The van der Waals surface area contributed by atoms with Crippen LogP contribution in [0.5, 0.6) is 0 Å². The summed E-state index contributed by atoms with van der Waals surface area (Å²) in [5, 5.41) is 5.11. The molecule has 3 amide bonds. The van der Waals surface area contributed by atoms with E-state index in [1.807, 2.05) is 0 Å². The molecule has 1 fully saturated rings. The van der Waals surface area contributed by atoms with Crippen LogP contribution >= 0.6 is 0 Å². The molecule has 1 aliphatic heterocycles. The summed E-state index contributed by atoms with van der Waals surface area (Å²) in [6.45, 7) is 1.70. The van der Waals surface area contributed by atoms with Crippen LogP contribution in [0.3, 0.4) is 0 Å². The lowest BCUT2D eigenvalue weighted by molar-refractivity contribution is -0.119. The quantitative estimate of drug-likeness (QED) is 0.835. The number of hydrogen-bond acceptors (Lipinski definition) is 5. The molecule has 0 spiro atoms. The molecule has 140 valence electrons. The fourth-order valence-electron chi connectivity index (χ4n) is 2.59. The molecule has 0 saturated carbocycles. The average molecular weight is 372 g/mol. The van der Waals surface area contributed by atoms with E-state index >= 15 is 0 Å². The zero-order valence-electron chi connectivity index (χ0n) is 14.4. The summed E-state index contributed by atoms with van der Waals surface area (Å²) in [6.07, 6.45) is 1.83. The summed E-state index contributed by atoms with van der Waals surface area (Å²) in [5.74, 6) is -1.63. The van der Waals surface area contributed by atoms with Crippen LogP contribution in [-0.2, 0) is 9.53 Å². The van der Waals surface area contributed by atoms with E-state index in [2.05, 4.69) is 15.6 Å². The first-order chi connectivity index (χ1) is 12.9. The van der Waals surface area contributed by atoms with Crippen molar-refractivity contribution >= 4 is 29.3 Å². The number of halogens is 1. The van der Waals surface area contributed by atoms with Crippen LogP contribution in [0.4, 0.5) is 20.6 Å². The topological polar surface area (TPSA) is 101 Å². The maximum absolute atomic E-state index is 14.4. The third-order valence-electron chi connectivity index (χ3n) is 3.88. The largest absolute Gasteiger partial charge is 0.442 e. The number of ether oxygens (including phenoxy) is 1. The van der Waals surface area contributed by atoms with Gasteiger partial charge < -0.3 is 15.4 Å². The number of aromatic nitrogens is 1. The maximum atomic E-state index is 14.4. The van der Waals surface area contributed by atoms with Crippen molar-refractivity contribution in [3.63, 3.8) is 0 Å².